The molecule has 1 aromatic rings. The van der Waals surface area contributed by atoms with Gasteiger partial charge in [-0.2, -0.15) is 0 Å². The van der Waals surface area contributed by atoms with Crippen molar-refractivity contribution in [2.24, 2.45) is 5.73 Å². The summed E-state index contributed by atoms with van der Waals surface area (Å²) in [4.78, 5) is -0.504. The lowest BCUT2D eigenvalue weighted by Crippen LogP contribution is -2.29. The molecule has 0 aliphatic heterocycles. The molecule has 0 saturated heterocycles. The number of benzene rings is 1. The molecule has 0 aliphatic rings. The van der Waals surface area contributed by atoms with Gasteiger partial charge in [0, 0.05) is 6.04 Å². The van der Waals surface area contributed by atoms with Gasteiger partial charge in [0.25, 0.3) is 0 Å². The summed E-state index contributed by atoms with van der Waals surface area (Å²) in [5.74, 6) is 0. The first kappa shape index (κ1) is 11.8. The van der Waals surface area contributed by atoms with Crippen LogP contribution in [-0.2, 0) is 6.42 Å². The molecule has 0 amide bonds. The molecule has 1 nitrogen and oxygen atoms in total. The van der Waals surface area contributed by atoms with Crippen molar-refractivity contribution in [2.45, 2.75) is 31.1 Å². The molecule has 2 N–H and O–H groups in total. The highest BCUT2D eigenvalue weighted by Crippen LogP contribution is 2.16. The van der Waals surface area contributed by atoms with Gasteiger partial charge in [-0.05, 0) is 31.4 Å². The normalized spacial score (nSPS) is 13.3. The summed E-state index contributed by atoms with van der Waals surface area (Å²) in [5, 5.41) is 0. The van der Waals surface area contributed by atoms with E-state index in [0.29, 0.717) is 0 Å². The quantitative estimate of drug-likeness (QED) is 0.796. The fourth-order valence-corrected chi connectivity index (χ4v) is 1.60. The smallest absolute Gasteiger partial charge is 0.123 e. The van der Waals surface area contributed by atoms with Crippen molar-refractivity contribution in [2.75, 3.05) is 0 Å². The van der Waals surface area contributed by atoms with Crippen LogP contribution in [0.25, 0.3) is 0 Å². The number of aryl methyl sites for hydroxylation is 2. The lowest BCUT2D eigenvalue weighted by Gasteiger charge is -2.14. The predicted molar refractivity (Wildman–Crippen MR) is 63.1 cm³/mol. The molecule has 0 saturated carbocycles. The zero-order valence-corrected chi connectivity index (χ0v) is 9.94. The second kappa shape index (κ2) is 5.01. The Morgan fingerprint density at radius 2 is 1.93 bits per heavy atom. The second-order valence-corrected chi connectivity index (χ2v) is 4.80. The predicted octanol–water partition coefficient (Wildman–Crippen LogP) is 2.98. The van der Waals surface area contributed by atoms with E-state index in [-0.39, 0.29) is 6.04 Å². The van der Waals surface area contributed by atoms with Crippen LogP contribution in [0.1, 0.15) is 16.7 Å². The minimum atomic E-state index is -0.504. The molecule has 0 bridgehead atoms. The Morgan fingerprint density at radius 1 is 1.29 bits per heavy atom. The zero-order valence-electron chi connectivity index (χ0n) is 8.43. The van der Waals surface area contributed by atoms with Gasteiger partial charge in [0.15, 0.2) is 0 Å². The second-order valence-electron chi connectivity index (χ2n) is 3.63. The largest absolute Gasteiger partial charge is 0.325 e. The highest BCUT2D eigenvalue weighted by Gasteiger charge is 2.13. The molecule has 0 heterocycles. The van der Waals surface area contributed by atoms with Gasteiger partial charge in [0.1, 0.15) is 4.84 Å². The first-order valence-electron chi connectivity index (χ1n) is 4.60. The van der Waals surface area contributed by atoms with Crippen LogP contribution in [-0.4, -0.2) is 10.9 Å². The van der Waals surface area contributed by atoms with Gasteiger partial charge >= 0.3 is 0 Å². The van der Waals surface area contributed by atoms with Crippen LogP contribution in [0.15, 0.2) is 18.2 Å². The van der Waals surface area contributed by atoms with E-state index >= 15 is 0 Å². The Hall–Kier alpha value is -0.240. The van der Waals surface area contributed by atoms with Gasteiger partial charge in [-0.15, -0.1) is 23.2 Å². The van der Waals surface area contributed by atoms with Crippen LogP contribution in [0, 0.1) is 13.8 Å². The van der Waals surface area contributed by atoms with E-state index in [1.54, 1.807) is 0 Å². The first-order valence-corrected chi connectivity index (χ1v) is 5.48. The van der Waals surface area contributed by atoms with E-state index in [0.717, 1.165) is 6.42 Å². The number of hydrogen-bond acceptors (Lipinski definition) is 1. The molecule has 0 spiro atoms. The maximum absolute atomic E-state index is 5.79. The van der Waals surface area contributed by atoms with Crippen molar-refractivity contribution in [3.8, 4) is 0 Å². The average Bonchev–Trinajstić information content (AvgIpc) is 2.09. The molecule has 78 valence electrons. The first-order chi connectivity index (χ1) is 6.50. The highest BCUT2D eigenvalue weighted by atomic mass is 35.5. The number of alkyl halides is 2. The number of halogens is 2. The van der Waals surface area contributed by atoms with Crippen molar-refractivity contribution >= 4 is 23.2 Å². The summed E-state index contributed by atoms with van der Waals surface area (Å²) in [5.41, 5.74) is 9.51. The van der Waals surface area contributed by atoms with Crippen LogP contribution in [0.3, 0.4) is 0 Å². The van der Waals surface area contributed by atoms with Gasteiger partial charge < -0.3 is 5.73 Å². The Morgan fingerprint density at radius 3 is 2.43 bits per heavy atom. The Labute approximate surface area is 95.2 Å². The van der Waals surface area contributed by atoms with E-state index in [1.807, 2.05) is 0 Å². The molecule has 1 rings (SSSR count). The van der Waals surface area contributed by atoms with Crippen molar-refractivity contribution in [3.63, 3.8) is 0 Å². The van der Waals surface area contributed by atoms with Gasteiger partial charge in [0.05, 0.1) is 0 Å². The van der Waals surface area contributed by atoms with Crippen molar-refractivity contribution in [1.82, 2.24) is 0 Å². The van der Waals surface area contributed by atoms with E-state index in [2.05, 4.69) is 32.0 Å². The summed E-state index contributed by atoms with van der Waals surface area (Å²) in [6.45, 7) is 4.15. The molecule has 0 aliphatic carbocycles. The van der Waals surface area contributed by atoms with Crippen molar-refractivity contribution < 1.29 is 0 Å². The molecule has 14 heavy (non-hydrogen) atoms. The van der Waals surface area contributed by atoms with Gasteiger partial charge in [0.2, 0.25) is 0 Å². The number of nitrogens with two attached hydrogens (primary N) is 1. The van der Waals surface area contributed by atoms with Crippen LogP contribution in [0.5, 0.6) is 0 Å². The number of hydrogen-bond donors (Lipinski definition) is 1. The molecule has 0 fully saturated rings. The van der Waals surface area contributed by atoms with E-state index < -0.39 is 4.84 Å². The minimum absolute atomic E-state index is 0.195. The fraction of sp³-hybridized carbons (Fsp3) is 0.455. The molecule has 1 aromatic carbocycles. The standard InChI is InChI=1S/C11H15Cl2N/c1-7-3-4-9(8(2)5-7)6-10(14)11(12)13/h3-5,10-11H,6,14H2,1-2H3. The van der Waals surface area contributed by atoms with Crippen molar-refractivity contribution in [1.29, 1.82) is 0 Å². The van der Waals surface area contributed by atoms with Crippen molar-refractivity contribution in [3.05, 3.63) is 34.9 Å². The Balaban J connectivity index is 2.77. The topological polar surface area (TPSA) is 26.0 Å². The highest BCUT2D eigenvalue weighted by molar-refractivity contribution is 6.44. The van der Waals surface area contributed by atoms with Gasteiger partial charge in [-0.25, -0.2) is 0 Å². The summed E-state index contributed by atoms with van der Waals surface area (Å²) in [6.07, 6.45) is 0.726. The molecule has 0 radical (unpaired) electrons. The molecule has 1 unspecified atom stereocenters. The summed E-state index contributed by atoms with van der Waals surface area (Å²) < 4.78 is 0. The molecular weight excluding hydrogens is 217 g/mol. The van der Waals surface area contributed by atoms with Gasteiger partial charge in [-0.3, -0.25) is 0 Å². The summed E-state index contributed by atoms with van der Waals surface area (Å²) >= 11 is 11.4. The minimum Gasteiger partial charge on any atom is -0.325 e. The molecule has 0 aromatic heterocycles. The lowest BCUT2D eigenvalue weighted by molar-refractivity contribution is 0.712. The van der Waals surface area contributed by atoms with Gasteiger partial charge in [-0.1, -0.05) is 23.8 Å². The molecular formula is C11H15Cl2N. The maximum atomic E-state index is 5.79. The maximum Gasteiger partial charge on any atom is 0.123 e. The average molecular weight is 232 g/mol. The fourth-order valence-electron chi connectivity index (χ4n) is 1.42. The van der Waals surface area contributed by atoms with E-state index in [9.17, 15) is 0 Å². The molecule has 1 atom stereocenters. The molecule has 3 heteroatoms. The summed E-state index contributed by atoms with van der Waals surface area (Å²) in [7, 11) is 0. The summed E-state index contributed by atoms with van der Waals surface area (Å²) in [6, 6.07) is 6.10. The monoisotopic (exact) mass is 231 g/mol. The van der Waals surface area contributed by atoms with E-state index in [1.165, 1.54) is 16.7 Å². The Kier molecular flexibility index (Phi) is 4.24. The van der Waals surface area contributed by atoms with Crippen LogP contribution in [0.4, 0.5) is 0 Å². The third-order valence-electron chi connectivity index (χ3n) is 2.28. The van der Waals surface area contributed by atoms with Crippen LogP contribution >= 0.6 is 23.2 Å². The Bertz CT molecular complexity index is 310. The number of rotatable bonds is 3. The SMILES string of the molecule is Cc1ccc(CC(N)C(Cl)Cl)c(C)c1. The van der Waals surface area contributed by atoms with Crippen LogP contribution < -0.4 is 5.73 Å². The lowest BCUT2D eigenvalue weighted by atomic mass is 10.0. The zero-order chi connectivity index (χ0) is 10.7. The third kappa shape index (κ3) is 3.16. The van der Waals surface area contributed by atoms with E-state index in [4.69, 9.17) is 28.9 Å². The third-order valence-corrected chi connectivity index (χ3v) is 2.92. The van der Waals surface area contributed by atoms with Crippen LogP contribution in [0.2, 0.25) is 0 Å².